The predicted octanol–water partition coefficient (Wildman–Crippen LogP) is 4.01. The number of thiophene rings is 1. The van der Waals surface area contributed by atoms with Crippen LogP contribution in [-0.4, -0.2) is 8.42 Å². The Balaban J connectivity index is 1.75. The first kappa shape index (κ1) is 19.9. The van der Waals surface area contributed by atoms with Gasteiger partial charge in [0.1, 0.15) is 34.8 Å². The summed E-state index contributed by atoms with van der Waals surface area (Å²) in [7, 11) is -4.79. The van der Waals surface area contributed by atoms with Crippen molar-refractivity contribution in [2.24, 2.45) is 5.73 Å². The number of halogens is 2. The van der Waals surface area contributed by atoms with Crippen molar-refractivity contribution in [1.29, 1.82) is 5.26 Å². The van der Waals surface area contributed by atoms with Gasteiger partial charge >= 0.3 is 10.1 Å². The molecule has 3 aromatic rings. The molecule has 1 unspecified atom stereocenters. The molecule has 0 saturated carbocycles. The van der Waals surface area contributed by atoms with Gasteiger partial charge in [0, 0.05) is 16.5 Å². The molecule has 0 aliphatic carbocycles. The summed E-state index contributed by atoms with van der Waals surface area (Å²) in [6.07, 6.45) is 0. The van der Waals surface area contributed by atoms with Gasteiger partial charge < -0.3 is 14.7 Å². The molecule has 152 valence electrons. The Labute approximate surface area is 174 Å². The number of hydrogen-bond donors (Lipinski definition) is 1. The maximum Gasteiger partial charge on any atom is 0.345 e. The van der Waals surface area contributed by atoms with Crippen molar-refractivity contribution in [2.75, 3.05) is 0 Å². The Morgan fingerprint density at radius 3 is 2.50 bits per heavy atom. The van der Waals surface area contributed by atoms with Gasteiger partial charge in [-0.15, -0.1) is 11.3 Å². The van der Waals surface area contributed by atoms with Crippen LogP contribution in [0, 0.1) is 23.0 Å². The number of allylic oxidation sites excluding steroid dienone is 1. The highest BCUT2D eigenvalue weighted by atomic mass is 32.2. The smallest absolute Gasteiger partial charge is 0.345 e. The van der Waals surface area contributed by atoms with E-state index in [4.69, 9.17) is 14.7 Å². The Bertz CT molecular complexity index is 1290. The van der Waals surface area contributed by atoms with E-state index in [0.717, 1.165) is 23.1 Å². The van der Waals surface area contributed by atoms with Crippen molar-refractivity contribution < 1.29 is 26.1 Å². The molecule has 1 aliphatic rings. The van der Waals surface area contributed by atoms with Crippen LogP contribution in [0.3, 0.4) is 0 Å². The molecule has 4 rings (SSSR count). The molecule has 0 saturated heterocycles. The Morgan fingerprint density at radius 2 is 1.87 bits per heavy atom. The molecule has 2 heterocycles. The number of nitriles is 1. The normalized spacial score (nSPS) is 15.8. The number of rotatable bonds is 4. The molecule has 0 fully saturated rings. The summed E-state index contributed by atoms with van der Waals surface area (Å²) < 4.78 is 63.0. The molecule has 0 bridgehead atoms. The lowest BCUT2D eigenvalue weighted by Crippen LogP contribution is -2.21. The average Bonchev–Trinajstić information content (AvgIpc) is 3.20. The molecule has 10 heteroatoms. The van der Waals surface area contributed by atoms with Crippen LogP contribution in [0.1, 0.15) is 16.4 Å². The summed E-state index contributed by atoms with van der Waals surface area (Å²) >= 11 is 1.42. The molecule has 30 heavy (non-hydrogen) atoms. The van der Waals surface area contributed by atoms with Crippen molar-refractivity contribution in [3.05, 3.63) is 87.4 Å². The third-order valence-electron chi connectivity index (χ3n) is 4.39. The van der Waals surface area contributed by atoms with E-state index in [0.29, 0.717) is 5.56 Å². The Kier molecular flexibility index (Phi) is 4.93. The minimum atomic E-state index is -4.79. The number of benzene rings is 2. The average molecular weight is 446 g/mol. The SMILES string of the molecule is N#CC1=C(N)Oc2cc(OS(=O)(=O)c3c(F)cccc3F)ccc2C1c1cccs1. The fraction of sp³-hybridized carbons (Fsp3) is 0.0500. The van der Waals surface area contributed by atoms with Crippen molar-refractivity contribution in [3.63, 3.8) is 0 Å². The van der Waals surface area contributed by atoms with Crippen LogP contribution < -0.4 is 14.7 Å². The standard InChI is InChI=1S/C20H12F2N2O4S2/c21-14-3-1-4-15(22)19(14)30(25,26)28-11-6-7-12-16(9-11)27-20(24)13(10-23)18(12)17-5-2-8-29-17/h1-9,18H,24H2. The lowest BCUT2D eigenvalue weighted by Gasteiger charge is -2.25. The van der Waals surface area contributed by atoms with Crippen LogP contribution in [0.5, 0.6) is 11.5 Å². The molecule has 0 amide bonds. The summed E-state index contributed by atoms with van der Waals surface area (Å²) in [4.78, 5) is -0.347. The minimum absolute atomic E-state index is 0.122. The third-order valence-corrected chi connectivity index (χ3v) is 6.63. The molecule has 1 aromatic heterocycles. The van der Waals surface area contributed by atoms with E-state index in [-0.39, 0.29) is 23.0 Å². The van der Waals surface area contributed by atoms with Gasteiger partial charge in [-0.3, -0.25) is 0 Å². The number of ether oxygens (including phenoxy) is 1. The number of fused-ring (bicyclic) bond motifs is 1. The highest BCUT2D eigenvalue weighted by Crippen LogP contribution is 2.44. The van der Waals surface area contributed by atoms with Crippen LogP contribution in [-0.2, 0) is 10.1 Å². The van der Waals surface area contributed by atoms with E-state index in [1.54, 1.807) is 0 Å². The number of nitrogens with zero attached hydrogens (tertiary/aromatic N) is 1. The minimum Gasteiger partial charge on any atom is -0.440 e. The van der Waals surface area contributed by atoms with E-state index < -0.39 is 32.6 Å². The second-order valence-electron chi connectivity index (χ2n) is 6.23. The molecule has 1 aliphatic heterocycles. The number of hydrogen-bond acceptors (Lipinski definition) is 7. The Morgan fingerprint density at radius 1 is 1.13 bits per heavy atom. The monoisotopic (exact) mass is 446 g/mol. The molecular weight excluding hydrogens is 434 g/mol. The van der Waals surface area contributed by atoms with Crippen LogP contribution in [0.25, 0.3) is 0 Å². The van der Waals surface area contributed by atoms with Gasteiger partial charge in [0.25, 0.3) is 0 Å². The molecular formula is C20H12F2N2O4S2. The molecule has 6 nitrogen and oxygen atoms in total. The zero-order chi connectivity index (χ0) is 21.5. The second kappa shape index (κ2) is 7.44. The number of nitrogens with two attached hydrogens (primary N) is 1. The zero-order valence-electron chi connectivity index (χ0n) is 15.0. The maximum atomic E-state index is 13.9. The van der Waals surface area contributed by atoms with Gasteiger partial charge in [0.2, 0.25) is 5.88 Å². The van der Waals surface area contributed by atoms with Crippen molar-refractivity contribution in [1.82, 2.24) is 0 Å². The van der Waals surface area contributed by atoms with E-state index in [1.807, 2.05) is 23.6 Å². The zero-order valence-corrected chi connectivity index (χ0v) is 16.6. The van der Waals surface area contributed by atoms with Gasteiger partial charge in [0.05, 0.1) is 5.92 Å². The summed E-state index contributed by atoms with van der Waals surface area (Å²) in [6, 6.07) is 12.5. The van der Waals surface area contributed by atoms with Gasteiger partial charge in [-0.05, 0) is 29.6 Å². The highest BCUT2D eigenvalue weighted by Gasteiger charge is 2.32. The molecule has 0 radical (unpaired) electrons. The van der Waals surface area contributed by atoms with Gasteiger partial charge in [-0.1, -0.05) is 18.2 Å². The van der Waals surface area contributed by atoms with Gasteiger partial charge in [-0.25, -0.2) is 8.78 Å². The van der Waals surface area contributed by atoms with Gasteiger partial charge in [-0.2, -0.15) is 13.7 Å². The molecule has 2 aromatic carbocycles. The first-order chi connectivity index (χ1) is 14.3. The summed E-state index contributed by atoms with van der Waals surface area (Å²) in [5.74, 6) is -3.21. The molecule has 2 N–H and O–H groups in total. The van der Waals surface area contributed by atoms with Crippen molar-refractivity contribution in [2.45, 2.75) is 10.8 Å². The summed E-state index contributed by atoms with van der Waals surface area (Å²) in [6.45, 7) is 0. The summed E-state index contributed by atoms with van der Waals surface area (Å²) in [5.41, 5.74) is 6.69. The van der Waals surface area contributed by atoms with Crippen LogP contribution >= 0.6 is 11.3 Å². The highest BCUT2D eigenvalue weighted by molar-refractivity contribution is 7.87. The van der Waals surface area contributed by atoms with Gasteiger partial charge in [0.15, 0.2) is 4.90 Å². The summed E-state index contributed by atoms with van der Waals surface area (Å²) in [5, 5.41) is 11.4. The van der Waals surface area contributed by atoms with Crippen LogP contribution in [0.15, 0.2) is 70.3 Å². The van der Waals surface area contributed by atoms with Crippen molar-refractivity contribution in [3.8, 4) is 17.6 Å². The van der Waals surface area contributed by atoms with Crippen molar-refractivity contribution >= 4 is 21.5 Å². The topological polar surface area (TPSA) is 102 Å². The van der Waals surface area contributed by atoms with E-state index >= 15 is 0 Å². The fourth-order valence-electron chi connectivity index (χ4n) is 3.13. The first-order valence-electron chi connectivity index (χ1n) is 8.45. The lowest BCUT2D eigenvalue weighted by molar-refractivity contribution is 0.391. The van der Waals surface area contributed by atoms with Crippen LogP contribution in [0.2, 0.25) is 0 Å². The first-order valence-corrected chi connectivity index (χ1v) is 10.7. The third kappa shape index (κ3) is 3.38. The van der Waals surface area contributed by atoms with Crippen LogP contribution in [0.4, 0.5) is 8.78 Å². The van der Waals surface area contributed by atoms with E-state index in [9.17, 15) is 22.5 Å². The Hall–Kier alpha value is -3.42. The predicted molar refractivity (Wildman–Crippen MR) is 104 cm³/mol. The molecule has 0 spiro atoms. The van der Waals surface area contributed by atoms with E-state index in [2.05, 4.69) is 0 Å². The second-order valence-corrected chi connectivity index (χ2v) is 8.69. The van der Waals surface area contributed by atoms with E-state index in [1.165, 1.54) is 29.5 Å². The fourth-order valence-corrected chi connectivity index (χ4v) is 5.03. The largest absolute Gasteiger partial charge is 0.440 e. The molecule has 1 atom stereocenters. The quantitative estimate of drug-likeness (QED) is 0.608. The lowest BCUT2D eigenvalue weighted by atomic mass is 9.88. The maximum absolute atomic E-state index is 13.9.